The number of rotatable bonds is 6. The lowest BCUT2D eigenvalue weighted by atomic mass is 9.87. The number of fused-ring (bicyclic) bond motifs is 1. The largest absolute Gasteiger partial charge is 0.324 e. The summed E-state index contributed by atoms with van der Waals surface area (Å²) in [5.41, 5.74) is 2.35. The fourth-order valence-electron chi connectivity index (χ4n) is 2.80. The number of anilines is 1. The Hall–Kier alpha value is -2.71. The van der Waals surface area contributed by atoms with Crippen molar-refractivity contribution in [3.05, 3.63) is 54.2 Å². The van der Waals surface area contributed by atoms with E-state index in [2.05, 4.69) is 41.0 Å². The van der Waals surface area contributed by atoms with E-state index in [9.17, 15) is 13.2 Å². The van der Waals surface area contributed by atoms with Gasteiger partial charge in [0.25, 0.3) is 0 Å². The highest BCUT2D eigenvalue weighted by molar-refractivity contribution is 7.89. The van der Waals surface area contributed by atoms with Crippen molar-refractivity contribution in [2.45, 2.75) is 37.5 Å². The summed E-state index contributed by atoms with van der Waals surface area (Å²) < 4.78 is 27.3. The van der Waals surface area contributed by atoms with Crippen molar-refractivity contribution >= 4 is 32.5 Å². The van der Waals surface area contributed by atoms with E-state index in [4.69, 9.17) is 0 Å². The molecule has 0 spiro atoms. The average molecular weight is 401 g/mol. The summed E-state index contributed by atoms with van der Waals surface area (Å²) in [6.45, 7) is 6.21. The van der Waals surface area contributed by atoms with Crippen molar-refractivity contribution in [2.24, 2.45) is 0 Å². The van der Waals surface area contributed by atoms with Gasteiger partial charge in [0.1, 0.15) is 0 Å². The first-order chi connectivity index (χ1) is 13.2. The standard InChI is InChI=1S/C20H24N4O3S/c1-20(2,3)15-7-9-16(10-8-15)28(26,27)22-12-11-18(25)23-17-6-4-5-14-13-21-24-19(14)17/h4-10,13,22H,11-12H2,1-3H3,(H,21,24)(H,23,25). The van der Waals surface area contributed by atoms with Crippen LogP contribution in [0.15, 0.2) is 53.6 Å². The van der Waals surface area contributed by atoms with Gasteiger partial charge in [0.15, 0.2) is 0 Å². The Kier molecular flexibility index (Phi) is 5.53. The number of sulfonamides is 1. The molecule has 0 aliphatic heterocycles. The molecule has 0 unspecified atom stereocenters. The van der Waals surface area contributed by atoms with Crippen molar-refractivity contribution in [3.8, 4) is 0 Å². The average Bonchev–Trinajstić information content (AvgIpc) is 3.11. The van der Waals surface area contributed by atoms with Gasteiger partial charge in [0.05, 0.1) is 22.3 Å². The summed E-state index contributed by atoms with van der Waals surface area (Å²) >= 11 is 0. The maximum atomic E-state index is 12.4. The van der Waals surface area contributed by atoms with Gasteiger partial charge in [-0.05, 0) is 29.2 Å². The van der Waals surface area contributed by atoms with Crippen LogP contribution in [0, 0.1) is 0 Å². The van der Waals surface area contributed by atoms with Crippen molar-refractivity contribution in [1.29, 1.82) is 0 Å². The molecular weight excluding hydrogens is 376 g/mol. The van der Waals surface area contributed by atoms with E-state index < -0.39 is 10.0 Å². The van der Waals surface area contributed by atoms with Crippen LogP contribution in [0.5, 0.6) is 0 Å². The second kappa shape index (κ2) is 7.73. The van der Waals surface area contributed by atoms with Crippen LogP contribution in [0.25, 0.3) is 10.9 Å². The van der Waals surface area contributed by atoms with E-state index >= 15 is 0 Å². The molecular formula is C20H24N4O3S. The fraction of sp³-hybridized carbons (Fsp3) is 0.300. The zero-order valence-corrected chi connectivity index (χ0v) is 16.9. The van der Waals surface area contributed by atoms with Crippen LogP contribution in [-0.4, -0.2) is 31.1 Å². The van der Waals surface area contributed by atoms with Gasteiger partial charge >= 0.3 is 0 Å². The number of para-hydroxylation sites is 1. The number of carbonyl (C=O) groups excluding carboxylic acids is 1. The first kappa shape index (κ1) is 20.0. The van der Waals surface area contributed by atoms with E-state index in [0.29, 0.717) is 5.69 Å². The molecule has 7 nitrogen and oxygen atoms in total. The van der Waals surface area contributed by atoms with Gasteiger partial charge in [-0.1, -0.05) is 45.0 Å². The monoisotopic (exact) mass is 400 g/mol. The summed E-state index contributed by atoms with van der Waals surface area (Å²) in [7, 11) is -3.66. The Morgan fingerprint density at radius 2 is 1.82 bits per heavy atom. The topological polar surface area (TPSA) is 104 Å². The second-order valence-electron chi connectivity index (χ2n) is 7.61. The van der Waals surface area contributed by atoms with Crippen LogP contribution < -0.4 is 10.0 Å². The maximum Gasteiger partial charge on any atom is 0.240 e. The molecule has 0 saturated heterocycles. The molecule has 0 bridgehead atoms. The van der Waals surface area contributed by atoms with Crippen molar-refractivity contribution < 1.29 is 13.2 Å². The maximum absolute atomic E-state index is 12.4. The highest BCUT2D eigenvalue weighted by atomic mass is 32.2. The van der Waals surface area contributed by atoms with Gasteiger partial charge in [-0.25, -0.2) is 13.1 Å². The SMILES string of the molecule is CC(C)(C)c1ccc(S(=O)(=O)NCCC(=O)Nc2cccc3cn[nH]c23)cc1. The highest BCUT2D eigenvalue weighted by Gasteiger charge is 2.18. The minimum Gasteiger partial charge on any atom is -0.324 e. The molecule has 3 aromatic rings. The van der Waals surface area contributed by atoms with E-state index in [0.717, 1.165) is 16.5 Å². The predicted molar refractivity (Wildman–Crippen MR) is 110 cm³/mol. The first-order valence-corrected chi connectivity index (χ1v) is 10.5. The third kappa shape index (κ3) is 4.58. The fourth-order valence-corrected chi connectivity index (χ4v) is 3.83. The molecule has 8 heteroatoms. The van der Waals surface area contributed by atoms with Gasteiger partial charge in [-0.2, -0.15) is 5.10 Å². The Balaban J connectivity index is 1.57. The number of hydrogen-bond acceptors (Lipinski definition) is 4. The number of hydrogen-bond donors (Lipinski definition) is 3. The smallest absolute Gasteiger partial charge is 0.240 e. The summed E-state index contributed by atoms with van der Waals surface area (Å²) in [6, 6.07) is 12.3. The van der Waals surface area contributed by atoms with Crippen LogP contribution in [0.4, 0.5) is 5.69 Å². The van der Waals surface area contributed by atoms with Gasteiger partial charge in [0, 0.05) is 18.4 Å². The number of amides is 1. The molecule has 0 saturated carbocycles. The molecule has 1 amide bonds. The molecule has 148 valence electrons. The van der Waals surface area contributed by atoms with E-state index in [1.807, 2.05) is 24.3 Å². The van der Waals surface area contributed by atoms with Crippen LogP contribution in [-0.2, 0) is 20.2 Å². The molecule has 2 aromatic carbocycles. The molecule has 0 aliphatic rings. The Labute approximate surface area is 164 Å². The Morgan fingerprint density at radius 3 is 2.50 bits per heavy atom. The number of aromatic nitrogens is 2. The number of H-pyrrole nitrogens is 1. The molecule has 0 aliphatic carbocycles. The molecule has 3 rings (SSSR count). The molecule has 1 heterocycles. The van der Waals surface area contributed by atoms with Gasteiger partial charge in [0.2, 0.25) is 15.9 Å². The number of nitrogens with zero attached hydrogens (tertiary/aromatic N) is 1. The molecule has 1 aromatic heterocycles. The van der Waals surface area contributed by atoms with Crippen LogP contribution in [0.1, 0.15) is 32.8 Å². The van der Waals surface area contributed by atoms with Crippen molar-refractivity contribution in [2.75, 3.05) is 11.9 Å². The van der Waals surface area contributed by atoms with Gasteiger partial charge < -0.3 is 5.32 Å². The predicted octanol–water partition coefficient (Wildman–Crippen LogP) is 3.17. The number of aromatic amines is 1. The number of benzene rings is 2. The van der Waals surface area contributed by atoms with E-state index in [1.165, 1.54) is 0 Å². The summed E-state index contributed by atoms with van der Waals surface area (Å²) in [6.07, 6.45) is 1.69. The van der Waals surface area contributed by atoms with Crippen LogP contribution >= 0.6 is 0 Å². The normalized spacial score (nSPS) is 12.2. The summed E-state index contributed by atoms with van der Waals surface area (Å²) in [5, 5.41) is 10.4. The van der Waals surface area contributed by atoms with Gasteiger partial charge in [-0.15, -0.1) is 0 Å². The van der Waals surface area contributed by atoms with Crippen LogP contribution in [0.3, 0.4) is 0 Å². The lowest BCUT2D eigenvalue weighted by Crippen LogP contribution is -2.28. The van der Waals surface area contributed by atoms with Crippen molar-refractivity contribution in [3.63, 3.8) is 0 Å². The molecule has 0 radical (unpaired) electrons. The molecule has 3 N–H and O–H groups in total. The quantitative estimate of drug-likeness (QED) is 0.591. The number of nitrogens with one attached hydrogen (secondary N) is 3. The molecule has 0 atom stereocenters. The summed E-state index contributed by atoms with van der Waals surface area (Å²) in [4.78, 5) is 12.4. The Bertz CT molecular complexity index is 1080. The third-order valence-electron chi connectivity index (χ3n) is 4.43. The number of carbonyl (C=O) groups is 1. The van der Waals surface area contributed by atoms with E-state index in [-0.39, 0.29) is 29.2 Å². The second-order valence-corrected chi connectivity index (χ2v) is 9.38. The minimum atomic E-state index is -3.66. The first-order valence-electron chi connectivity index (χ1n) is 8.99. The summed E-state index contributed by atoms with van der Waals surface area (Å²) in [5.74, 6) is -0.284. The highest BCUT2D eigenvalue weighted by Crippen LogP contribution is 2.23. The van der Waals surface area contributed by atoms with Crippen LogP contribution in [0.2, 0.25) is 0 Å². The molecule has 0 fully saturated rings. The van der Waals surface area contributed by atoms with Gasteiger partial charge in [-0.3, -0.25) is 9.89 Å². The minimum absolute atomic E-state index is 0.00808. The zero-order valence-electron chi connectivity index (χ0n) is 16.1. The van der Waals surface area contributed by atoms with E-state index in [1.54, 1.807) is 24.4 Å². The lowest BCUT2D eigenvalue weighted by Gasteiger charge is -2.19. The Morgan fingerprint density at radius 1 is 1.11 bits per heavy atom. The lowest BCUT2D eigenvalue weighted by molar-refractivity contribution is -0.116. The zero-order chi connectivity index (χ0) is 20.4. The third-order valence-corrected chi connectivity index (χ3v) is 5.90. The molecule has 28 heavy (non-hydrogen) atoms. The van der Waals surface area contributed by atoms with Crippen molar-refractivity contribution in [1.82, 2.24) is 14.9 Å².